The van der Waals surface area contributed by atoms with Gasteiger partial charge in [0.1, 0.15) is 31.5 Å². The van der Waals surface area contributed by atoms with E-state index in [0.717, 1.165) is 11.1 Å². The molecular formula is C35H44O14. The van der Waals surface area contributed by atoms with Gasteiger partial charge in [-0.15, -0.1) is 0 Å². The zero-order valence-corrected chi connectivity index (χ0v) is 28.4. The molecular weight excluding hydrogens is 644 g/mol. The molecule has 4 rings (SSSR count). The first-order valence-electron chi connectivity index (χ1n) is 15.9. The molecule has 0 spiro atoms. The molecule has 0 aromatic heterocycles. The number of carbonyl (C=O) groups is 4. The summed E-state index contributed by atoms with van der Waals surface area (Å²) >= 11 is 0. The van der Waals surface area contributed by atoms with Crippen LogP contribution in [0.5, 0.6) is 0 Å². The van der Waals surface area contributed by atoms with Gasteiger partial charge in [0, 0.05) is 40.9 Å². The van der Waals surface area contributed by atoms with E-state index in [0.29, 0.717) is 0 Å². The quantitative estimate of drug-likeness (QED) is 0.211. The van der Waals surface area contributed by atoms with Crippen molar-refractivity contribution in [3.63, 3.8) is 0 Å². The van der Waals surface area contributed by atoms with Crippen LogP contribution in [0, 0.1) is 5.92 Å². The molecule has 0 amide bonds. The highest BCUT2D eigenvalue weighted by atomic mass is 16.8. The Morgan fingerprint density at radius 3 is 1.78 bits per heavy atom. The minimum Gasteiger partial charge on any atom is -0.463 e. The van der Waals surface area contributed by atoms with Gasteiger partial charge in [0.2, 0.25) is 6.29 Å². The number of benzene rings is 2. The average molecular weight is 689 g/mol. The Kier molecular flexibility index (Phi) is 14.1. The van der Waals surface area contributed by atoms with Crippen LogP contribution in [0.4, 0.5) is 0 Å². The SMILES string of the molecule is COC1[C@H](C)C(C(=O)OCc2ccccc2)O[C@@H](O[C@@H]2C(COC(C)=O)OC(OC(C)=O)C(OCc3ccccc3)C2OC(C)=O)[C@@H]1OC. The molecule has 0 aliphatic carbocycles. The van der Waals surface area contributed by atoms with Crippen LogP contribution < -0.4 is 0 Å². The van der Waals surface area contributed by atoms with Gasteiger partial charge in [-0.3, -0.25) is 14.4 Å². The first kappa shape index (κ1) is 37.9. The molecule has 2 aliphatic heterocycles. The van der Waals surface area contributed by atoms with Gasteiger partial charge in [0.05, 0.1) is 12.7 Å². The van der Waals surface area contributed by atoms with Crippen molar-refractivity contribution in [1.82, 2.24) is 0 Å². The van der Waals surface area contributed by atoms with Crippen molar-refractivity contribution in [2.24, 2.45) is 5.92 Å². The van der Waals surface area contributed by atoms with Crippen LogP contribution in [0.25, 0.3) is 0 Å². The van der Waals surface area contributed by atoms with E-state index in [1.54, 1.807) is 6.92 Å². The molecule has 268 valence electrons. The molecule has 49 heavy (non-hydrogen) atoms. The van der Waals surface area contributed by atoms with Gasteiger partial charge >= 0.3 is 23.9 Å². The lowest BCUT2D eigenvalue weighted by Gasteiger charge is -2.48. The highest BCUT2D eigenvalue weighted by molar-refractivity contribution is 5.75. The number of esters is 4. The number of hydrogen-bond acceptors (Lipinski definition) is 14. The van der Waals surface area contributed by atoms with E-state index in [1.165, 1.54) is 35.0 Å². The van der Waals surface area contributed by atoms with Crippen LogP contribution >= 0.6 is 0 Å². The Morgan fingerprint density at radius 2 is 1.22 bits per heavy atom. The van der Waals surface area contributed by atoms with Gasteiger partial charge in [0.25, 0.3) is 0 Å². The van der Waals surface area contributed by atoms with E-state index in [2.05, 4.69) is 0 Å². The van der Waals surface area contributed by atoms with Crippen LogP contribution in [-0.2, 0) is 79.8 Å². The Bertz CT molecular complexity index is 1370. The summed E-state index contributed by atoms with van der Waals surface area (Å²) in [4.78, 5) is 50.1. The van der Waals surface area contributed by atoms with Crippen molar-refractivity contribution in [2.75, 3.05) is 20.8 Å². The Hall–Kier alpha value is -3.92. The minimum absolute atomic E-state index is 0.0105. The molecule has 6 unspecified atom stereocenters. The molecule has 0 radical (unpaired) electrons. The summed E-state index contributed by atoms with van der Waals surface area (Å²) in [5, 5.41) is 0. The summed E-state index contributed by atoms with van der Waals surface area (Å²) in [6.07, 6.45) is -10.5. The highest BCUT2D eigenvalue weighted by Gasteiger charge is 2.55. The number of rotatable bonds is 14. The van der Waals surface area contributed by atoms with Crippen molar-refractivity contribution >= 4 is 23.9 Å². The molecule has 2 aliphatic rings. The number of methoxy groups -OCH3 is 2. The van der Waals surface area contributed by atoms with Crippen molar-refractivity contribution in [3.05, 3.63) is 71.8 Å². The van der Waals surface area contributed by atoms with Gasteiger partial charge in [0.15, 0.2) is 24.6 Å². The van der Waals surface area contributed by atoms with Crippen molar-refractivity contribution in [3.8, 4) is 0 Å². The first-order chi connectivity index (χ1) is 23.5. The van der Waals surface area contributed by atoms with Crippen molar-refractivity contribution in [1.29, 1.82) is 0 Å². The molecule has 0 saturated carbocycles. The molecule has 0 bridgehead atoms. The monoisotopic (exact) mass is 688 g/mol. The summed E-state index contributed by atoms with van der Waals surface area (Å²) in [5.74, 6) is -3.24. The van der Waals surface area contributed by atoms with E-state index >= 15 is 0 Å². The van der Waals surface area contributed by atoms with Crippen molar-refractivity contribution < 1.29 is 66.5 Å². The normalized spacial score (nSPS) is 29.8. The molecule has 2 aromatic rings. The fourth-order valence-corrected chi connectivity index (χ4v) is 5.82. The third-order valence-electron chi connectivity index (χ3n) is 8.07. The van der Waals surface area contributed by atoms with E-state index in [4.69, 9.17) is 47.4 Å². The summed E-state index contributed by atoms with van der Waals surface area (Å²) < 4.78 is 58.8. The zero-order valence-electron chi connectivity index (χ0n) is 28.4. The molecule has 2 saturated heterocycles. The second kappa shape index (κ2) is 18.2. The molecule has 0 N–H and O–H groups in total. The highest BCUT2D eigenvalue weighted by Crippen LogP contribution is 2.36. The van der Waals surface area contributed by atoms with Crippen molar-refractivity contribution in [2.45, 2.75) is 96.2 Å². The average Bonchev–Trinajstić information content (AvgIpc) is 3.07. The number of hydrogen-bond donors (Lipinski definition) is 0. The van der Waals surface area contributed by atoms with Crippen LogP contribution in [0.1, 0.15) is 38.8 Å². The molecule has 10 atom stereocenters. The maximum atomic E-state index is 13.4. The second-order valence-electron chi connectivity index (χ2n) is 11.7. The Morgan fingerprint density at radius 1 is 0.633 bits per heavy atom. The second-order valence-corrected chi connectivity index (χ2v) is 11.7. The number of ether oxygens (including phenoxy) is 10. The molecule has 2 aromatic carbocycles. The Balaban J connectivity index is 1.67. The molecule has 2 fully saturated rings. The summed E-state index contributed by atoms with van der Waals surface area (Å²) in [6, 6.07) is 18.3. The predicted molar refractivity (Wildman–Crippen MR) is 168 cm³/mol. The fourth-order valence-electron chi connectivity index (χ4n) is 5.82. The first-order valence-corrected chi connectivity index (χ1v) is 15.9. The lowest BCUT2D eigenvalue weighted by Crippen LogP contribution is -2.65. The minimum atomic E-state index is -1.40. The van der Waals surface area contributed by atoms with Crippen LogP contribution in [0.2, 0.25) is 0 Å². The van der Waals surface area contributed by atoms with Crippen LogP contribution in [-0.4, -0.2) is 100 Å². The van der Waals surface area contributed by atoms with E-state index in [-0.39, 0.29) is 13.2 Å². The number of carbonyl (C=O) groups excluding carboxylic acids is 4. The van der Waals surface area contributed by atoms with Gasteiger partial charge in [-0.2, -0.15) is 0 Å². The molecule has 14 heteroatoms. The van der Waals surface area contributed by atoms with Crippen LogP contribution in [0.15, 0.2) is 60.7 Å². The van der Waals surface area contributed by atoms with Gasteiger partial charge in [-0.25, -0.2) is 4.79 Å². The topological polar surface area (TPSA) is 161 Å². The standard InChI is InChI=1S/C35H44O14/c1-20-27(40-5)31(41-6)34(48-28(20)33(39)44-18-25-15-11-8-12-16-25)49-29-26(19-42-21(2)36)47-35(46-23(4)38)32(30(29)45-22(3)37)43-17-24-13-9-7-10-14-24/h7-16,20,26-32,34-35H,17-19H2,1-6H3/t20-,26?,27?,28?,29+,30?,31+,32?,34-,35?/m0/s1. The van der Waals surface area contributed by atoms with Crippen LogP contribution in [0.3, 0.4) is 0 Å². The smallest absolute Gasteiger partial charge is 0.336 e. The maximum absolute atomic E-state index is 13.4. The summed E-state index contributed by atoms with van der Waals surface area (Å²) in [7, 11) is 2.89. The third-order valence-corrected chi connectivity index (χ3v) is 8.07. The lowest BCUT2D eigenvalue weighted by molar-refractivity contribution is -0.356. The molecule has 14 nitrogen and oxygen atoms in total. The molecule has 2 heterocycles. The largest absolute Gasteiger partial charge is 0.463 e. The third kappa shape index (κ3) is 10.3. The lowest BCUT2D eigenvalue weighted by atomic mass is 9.90. The van der Waals surface area contributed by atoms with Gasteiger partial charge in [-0.05, 0) is 11.1 Å². The zero-order chi connectivity index (χ0) is 35.5. The summed E-state index contributed by atoms with van der Waals surface area (Å²) in [5.41, 5.74) is 1.56. The van der Waals surface area contributed by atoms with E-state index in [1.807, 2.05) is 60.7 Å². The Labute approximate surface area is 285 Å². The van der Waals surface area contributed by atoms with Gasteiger partial charge < -0.3 is 47.4 Å². The summed E-state index contributed by atoms with van der Waals surface area (Å²) in [6.45, 7) is 4.98. The predicted octanol–water partition coefficient (Wildman–Crippen LogP) is 2.87. The fraction of sp³-hybridized carbons (Fsp3) is 0.543. The van der Waals surface area contributed by atoms with E-state index in [9.17, 15) is 19.2 Å². The maximum Gasteiger partial charge on any atom is 0.336 e. The van der Waals surface area contributed by atoms with Gasteiger partial charge in [-0.1, -0.05) is 67.6 Å². The van der Waals surface area contributed by atoms with E-state index < -0.39 is 91.7 Å².